The van der Waals surface area contributed by atoms with Crippen molar-refractivity contribution in [3.05, 3.63) is 29.3 Å². The molecule has 0 saturated carbocycles. The number of hydrogen-bond acceptors (Lipinski definition) is 4. The molecule has 1 aliphatic rings. The van der Waals surface area contributed by atoms with Crippen LogP contribution in [0.2, 0.25) is 0 Å². The Morgan fingerprint density at radius 2 is 2.11 bits per heavy atom. The summed E-state index contributed by atoms with van der Waals surface area (Å²) < 4.78 is 10.6. The maximum Gasteiger partial charge on any atom is 0.335 e. The predicted octanol–water partition coefficient (Wildman–Crippen LogP) is 1.65. The molecule has 1 fully saturated rings. The number of methoxy groups -OCH3 is 1. The van der Waals surface area contributed by atoms with Crippen LogP contribution in [0.3, 0.4) is 0 Å². The van der Waals surface area contributed by atoms with Gasteiger partial charge < -0.3 is 14.6 Å². The smallest absolute Gasteiger partial charge is 0.335 e. The summed E-state index contributed by atoms with van der Waals surface area (Å²) in [5, 5.41) is 9.00. The Balaban J connectivity index is 0.00000180. The molecule has 0 bridgehead atoms. The molecule has 1 aliphatic heterocycles. The quantitative estimate of drug-likeness (QED) is 0.912. The van der Waals surface area contributed by atoms with Gasteiger partial charge in [0.25, 0.3) is 0 Å². The zero-order chi connectivity index (χ0) is 13.0. The Kier molecular flexibility index (Phi) is 6.08. The number of halogens is 1. The van der Waals surface area contributed by atoms with E-state index >= 15 is 0 Å². The van der Waals surface area contributed by atoms with Gasteiger partial charge in [0.2, 0.25) is 0 Å². The van der Waals surface area contributed by atoms with Crippen LogP contribution in [0.4, 0.5) is 0 Å². The molecule has 1 heterocycles. The first-order valence-corrected chi connectivity index (χ1v) is 5.91. The van der Waals surface area contributed by atoms with E-state index < -0.39 is 5.97 Å². The summed E-state index contributed by atoms with van der Waals surface area (Å²) in [6.45, 7) is 3.86. The summed E-state index contributed by atoms with van der Waals surface area (Å²) in [4.78, 5) is 13.2. The molecule has 1 aromatic carbocycles. The zero-order valence-corrected chi connectivity index (χ0v) is 11.6. The first kappa shape index (κ1) is 15.8. The molecule has 0 amide bonds. The third-order valence-corrected chi connectivity index (χ3v) is 3.03. The number of carboxylic acid groups (broad SMARTS) is 1. The van der Waals surface area contributed by atoms with Crippen LogP contribution >= 0.6 is 12.4 Å². The number of rotatable bonds is 4. The van der Waals surface area contributed by atoms with Gasteiger partial charge in [-0.3, -0.25) is 4.90 Å². The van der Waals surface area contributed by atoms with Gasteiger partial charge >= 0.3 is 5.97 Å². The van der Waals surface area contributed by atoms with Gasteiger partial charge in [-0.2, -0.15) is 0 Å². The summed E-state index contributed by atoms with van der Waals surface area (Å²) in [6.07, 6.45) is 0. The summed E-state index contributed by atoms with van der Waals surface area (Å²) in [6, 6.07) is 4.94. The van der Waals surface area contributed by atoms with Gasteiger partial charge in [0.1, 0.15) is 5.75 Å². The minimum Gasteiger partial charge on any atom is -0.496 e. The summed E-state index contributed by atoms with van der Waals surface area (Å²) in [5.74, 6) is -0.188. The summed E-state index contributed by atoms with van der Waals surface area (Å²) in [5.41, 5.74) is 1.19. The van der Waals surface area contributed by atoms with Crippen LogP contribution in [0.15, 0.2) is 18.2 Å². The van der Waals surface area contributed by atoms with Gasteiger partial charge in [-0.1, -0.05) is 0 Å². The number of hydrogen-bond donors (Lipinski definition) is 1. The van der Waals surface area contributed by atoms with E-state index in [1.165, 1.54) is 0 Å². The molecule has 1 aromatic rings. The third-order valence-electron chi connectivity index (χ3n) is 3.03. The van der Waals surface area contributed by atoms with Crippen molar-refractivity contribution < 1.29 is 19.4 Å². The van der Waals surface area contributed by atoms with Gasteiger partial charge in [0.15, 0.2) is 0 Å². The van der Waals surface area contributed by atoms with E-state index in [-0.39, 0.29) is 12.4 Å². The molecule has 1 N–H and O–H groups in total. The van der Waals surface area contributed by atoms with Crippen molar-refractivity contribution >= 4 is 18.4 Å². The number of aromatic carboxylic acids is 1. The standard InChI is InChI=1S/C13H17NO4.ClH/c1-17-12-3-2-10(13(15)16)8-11(12)9-14-4-6-18-7-5-14;/h2-3,8H,4-7,9H2,1H3,(H,15,16);1H. The molecule has 106 valence electrons. The van der Waals surface area contributed by atoms with E-state index in [4.69, 9.17) is 14.6 Å². The van der Waals surface area contributed by atoms with Gasteiger partial charge in [0, 0.05) is 25.2 Å². The molecule has 0 aromatic heterocycles. The number of carboxylic acids is 1. The lowest BCUT2D eigenvalue weighted by Crippen LogP contribution is -2.35. The number of benzene rings is 1. The maximum atomic E-state index is 11.0. The fourth-order valence-electron chi connectivity index (χ4n) is 2.04. The predicted molar refractivity (Wildman–Crippen MR) is 73.3 cm³/mol. The molecule has 19 heavy (non-hydrogen) atoms. The number of carbonyl (C=O) groups is 1. The van der Waals surface area contributed by atoms with Crippen molar-refractivity contribution in [2.24, 2.45) is 0 Å². The molecule has 0 aliphatic carbocycles. The topological polar surface area (TPSA) is 59.0 Å². The Morgan fingerprint density at radius 3 is 2.68 bits per heavy atom. The second kappa shape index (κ2) is 7.33. The van der Waals surface area contributed by atoms with Crippen molar-refractivity contribution in [3.8, 4) is 5.75 Å². The molecule has 2 rings (SSSR count). The van der Waals surface area contributed by atoms with Crippen molar-refractivity contribution in [1.29, 1.82) is 0 Å². The van der Waals surface area contributed by atoms with Crippen LogP contribution in [0.25, 0.3) is 0 Å². The lowest BCUT2D eigenvalue weighted by molar-refractivity contribution is 0.0338. The highest BCUT2D eigenvalue weighted by Crippen LogP contribution is 2.22. The fraction of sp³-hybridized carbons (Fsp3) is 0.462. The van der Waals surface area contributed by atoms with Crippen molar-refractivity contribution in [2.75, 3.05) is 33.4 Å². The number of ether oxygens (including phenoxy) is 2. The average molecular weight is 288 g/mol. The average Bonchev–Trinajstić information content (AvgIpc) is 2.39. The fourth-order valence-corrected chi connectivity index (χ4v) is 2.04. The van der Waals surface area contributed by atoms with Crippen LogP contribution in [0.1, 0.15) is 15.9 Å². The van der Waals surface area contributed by atoms with E-state index in [0.717, 1.165) is 37.6 Å². The van der Waals surface area contributed by atoms with Gasteiger partial charge in [-0.15, -0.1) is 12.4 Å². The Morgan fingerprint density at radius 1 is 1.42 bits per heavy atom. The lowest BCUT2D eigenvalue weighted by atomic mass is 10.1. The Labute approximate surface area is 118 Å². The van der Waals surface area contributed by atoms with Crippen molar-refractivity contribution in [3.63, 3.8) is 0 Å². The second-order valence-electron chi connectivity index (χ2n) is 4.22. The largest absolute Gasteiger partial charge is 0.496 e. The Hall–Kier alpha value is -1.30. The molecule has 0 radical (unpaired) electrons. The molecule has 0 atom stereocenters. The monoisotopic (exact) mass is 287 g/mol. The van der Waals surface area contributed by atoms with Crippen molar-refractivity contribution in [1.82, 2.24) is 4.90 Å². The van der Waals surface area contributed by atoms with Crippen LogP contribution < -0.4 is 4.74 Å². The minimum absolute atomic E-state index is 0. The highest BCUT2D eigenvalue weighted by molar-refractivity contribution is 5.88. The molecule has 5 nitrogen and oxygen atoms in total. The van der Waals surface area contributed by atoms with E-state index in [0.29, 0.717) is 12.1 Å². The molecular weight excluding hydrogens is 270 g/mol. The van der Waals surface area contributed by atoms with E-state index in [2.05, 4.69) is 4.90 Å². The first-order chi connectivity index (χ1) is 8.70. The first-order valence-electron chi connectivity index (χ1n) is 5.91. The molecule has 0 spiro atoms. The van der Waals surface area contributed by atoms with Crippen LogP contribution in [0.5, 0.6) is 5.75 Å². The molecular formula is C13H18ClNO4. The van der Waals surface area contributed by atoms with Gasteiger partial charge in [-0.25, -0.2) is 4.79 Å². The minimum atomic E-state index is -0.916. The molecule has 0 unspecified atom stereocenters. The van der Waals surface area contributed by atoms with Crippen molar-refractivity contribution in [2.45, 2.75) is 6.54 Å². The van der Waals surface area contributed by atoms with E-state index in [9.17, 15) is 4.79 Å². The van der Waals surface area contributed by atoms with Crippen LogP contribution in [-0.2, 0) is 11.3 Å². The highest BCUT2D eigenvalue weighted by atomic mass is 35.5. The summed E-state index contributed by atoms with van der Waals surface area (Å²) >= 11 is 0. The molecule has 6 heteroatoms. The molecule has 1 saturated heterocycles. The number of nitrogens with zero attached hydrogens (tertiary/aromatic N) is 1. The van der Waals surface area contributed by atoms with E-state index in [1.807, 2.05) is 0 Å². The number of morpholine rings is 1. The van der Waals surface area contributed by atoms with Gasteiger partial charge in [-0.05, 0) is 18.2 Å². The van der Waals surface area contributed by atoms with Gasteiger partial charge in [0.05, 0.1) is 25.9 Å². The zero-order valence-electron chi connectivity index (χ0n) is 10.8. The SMILES string of the molecule is COc1ccc(C(=O)O)cc1CN1CCOCC1.Cl. The lowest BCUT2D eigenvalue weighted by Gasteiger charge is -2.27. The maximum absolute atomic E-state index is 11.0. The van der Waals surface area contributed by atoms with E-state index in [1.54, 1.807) is 25.3 Å². The van der Waals surface area contributed by atoms with Crippen LogP contribution in [-0.4, -0.2) is 49.4 Å². The normalized spacial score (nSPS) is 15.6. The third kappa shape index (κ3) is 4.09. The highest BCUT2D eigenvalue weighted by Gasteiger charge is 2.15. The van der Waals surface area contributed by atoms with Crippen LogP contribution in [0, 0.1) is 0 Å². The Bertz CT molecular complexity index is 433. The summed E-state index contributed by atoms with van der Waals surface area (Å²) in [7, 11) is 1.60. The second-order valence-corrected chi connectivity index (χ2v) is 4.22.